The van der Waals surface area contributed by atoms with Gasteiger partial charge in [0.15, 0.2) is 0 Å². The first-order valence-electron chi connectivity index (χ1n) is 7.89. The Morgan fingerprint density at radius 2 is 2.19 bits per heavy atom. The normalized spacial score (nSPS) is 28.6. The molecule has 1 aromatic rings. The number of ether oxygens (including phenoxy) is 2. The molecule has 0 aromatic heterocycles. The van der Waals surface area contributed by atoms with E-state index in [2.05, 4.69) is 17.6 Å². The second-order valence-corrected chi connectivity index (χ2v) is 7.12. The minimum Gasteiger partial charge on any atom is -0.497 e. The molecule has 3 unspecified atom stereocenters. The van der Waals surface area contributed by atoms with Crippen molar-refractivity contribution in [2.45, 2.75) is 49.4 Å². The molecule has 3 rings (SSSR count). The van der Waals surface area contributed by atoms with E-state index in [1.165, 1.54) is 31.2 Å². The molecule has 1 aliphatic heterocycles. The summed E-state index contributed by atoms with van der Waals surface area (Å²) in [6, 6.07) is 7.17. The van der Waals surface area contributed by atoms with Crippen molar-refractivity contribution in [3.63, 3.8) is 0 Å². The largest absolute Gasteiger partial charge is 0.497 e. The van der Waals surface area contributed by atoms with Crippen molar-refractivity contribution in [1.82, 2.24) is 5.32 Å². The van der Waals surface area contributed by atoms with E-state index in [-0.39, 0.29) is 0 Å². The summed E-state index contributed by atoms with van der Waals surface area (Å²) in [5.41, 5.74) is 1.26. The minimum absolute atomic E-state index is 0.398. The predicted molar refractivity (Wildman–Crippen MR) is 88.5 cm³/mol. The second-order valence-electron chi connectivity index (χ2n) is 5.98. The zero-order valence-electron chi connectivity index (χ0n) is 12.9. The maximum Gasteiger partial charge on any atom is 0.124 e. The van der Waals surface area contributed by atoms with Crippen LogP contribution in [0.2, 0.25) is 0 Å². The van der Waals surface area contributed by atoms with Gasteiger partial charge in [-0.05, 0) is 43.7 Å². The topological polar surface area (TPSA) is 30.5 Å². The van der Waals surface area contributed by atoms with E-state index in [0.29, 0.717) is 12.1 Å². The van der Waals surface area contributed by atoms with Crippen LogP contribution in [-0.4, -0.2) is 31.3 Å². The molecule has 116 valence electrons. The van der Waals surface area contributed by atoms with Crippen LogP contribution in [0.5, 0.6) is 11.5 Å². The summed E-state index contributed by atoms with van der Waals surface area (Å²) in [5.74, 6) is 1.92. The van der Waals surface area contributed by atoms with Gasteiger partial charge in [0.2, 0.25) is 0 Å². The summed E-state index contributed by atoms with van der Waals surface area (Å²) >= 11 is 2.02. The van der Waals surface area contributed by atoms with Crippen molar-refractivity contribution < 1.29 is 9.47 Å². The Morgan fingerprint density at radius 3 is 3.00 bits per heavy atom. The molecule has 1 fully saturated rings. The molecule has 0 amide bonds. The van der Waals surface area contributed by atoms with Crippen molar-refractivity contribution in [2.24, 2.45) is 0 Å². The lowest BCUT2D eigenvalue weighted by molar-refractivity contribution is 0.233. The molecule has 1 N–H and O–H groups in total. The number of hydrogen-bond acceptors (Lipinski definition) is 4. The van der Waals surface area contributed by atoms with Crippen LogP contribution in [0, 0.1) is 0 Å². The van der Waals surface area contributed by atoms with Crippen LogP contribution in [0.25, 0.3) is 0 Å². The molecular weight excluding hydrogens is 282 g/mol. The van der Waals surface area contributed by atoms with Crippen molar-refractivity contribution in [1.29, 1.82) is 0 Å². The summed E-state index contributed by atoms with van der Waals surface area (Å²) in [6.45, 7) is 0.801. The molecular formula is C17H25NO2S. The Hall–Kier alpha value is -0.870. The van der Waals surface area contributed by atoms with Crippen LogP contribution >= 0.6 is 11.8 Å². The van der Waals surface area contributed by atoms with Gasteiger partial charge in [0.25, 0.3) is 0 Å². The lowest BCUT2D eigenvalue weighted by Gasteiger charge is -2.34. The molecule has 3 nitrogen and oxygen atoms in total. The minimum atomic E-state index is 0.398. The molecule has 21 heavy (non-hydrogen) atoms. The Kier molecular flexibility index (Phi) is 4.96. The summed E-state index contributed by atoms with van der Waals surface area (Å²) in [4.78, 5) is 0. The van der Waals surface area contributed by atoms with Gasteiger partial charge in [-0.2, -0.15) is 11.8 Å². The Morgan fingerprint density at radius 1 is 1.29 bits per heavy atom. The van der Waals surface area contributed by atoms with Gasteiger partial charge in [-0.1, -0.05) is 6.42 Å². The van der Waals surface area contributed by atoms with E-state index in [4.69, 9.17) is 9.47 Å². The van der Waals surface area contributed by atoms with Crippen molar-refractivity contribution >= 4 is 11.8 Å². The molecule has 1 saturated carbocycles. The maximum absolute atomic E-state index is 5.78. The number of thioether (sulfide) groups is 1. The number of hydrogen-bond donors (Lipinski definition) is 1. The zero-order valence-corrected chi connectivity index (χ0v) is 13.7. The van der Waals surface area contributed by atoms with Gasteiger partial charge in [0.1, 0.15) is 11.5 Å². The average molecular weight is 307 g/mol. The number of rotatable bonds is 4. The van der Waals surface area contributed by atoms with E-state index in [9.17, 15) is 0 Å². The predicted octanol–water partition coefficient (Wildman–Crippen LogP) is 3.78. The second kappa shape index (κ2) is 6.93. The first kappa shape index (κ1) is 15.0. The van der Waals surface area contributed by atoms with Crippen LogP contribution < -0.4 is 14.8 Å². The van der Waals surface area contributed by atoms with Gasteiger partial charge in [0, 0.05) is 29.3 Å². The van der Waals surface area contributed by atoms with Crippen LogP contribution in [0.3, 0.4) is 0 Å². The Labute approximate surface area is 131 Å². The fraction of sp³-hybridized carbons (Fsp3) is 0.647. The summed E-state index contributed by atoms with van der Waals surface area (Å²) in [7, 11) is 1.72. The third kappa shape index (κ3) is 3.49. The number of nitrogens with one attached hydrogen (secondary N) is 1. The highest BCUT2D eigenvalue weighted by atomic mass is 32.2. The van der Waals surface area contributed by atoms with Crippen LogP contribution in [0.4, 0.5) is 0 Å². The quantitative estimate of drug-likeness (QED) is 0.917. The first-order chi connectivity index (χ1) is 10.3. The summed E-state index contributed by atoms with van der Waals surface area (Å²) in [6.07, 6.45) is 8.59. The highest BCUT2D eigenvalue weighted by Crippen LogP contribution is 2.36. The molecule has 0 bridgehead atoms. The van der Waals surface area contributed by atoms with E-state index in [1.54, 1.807) is 7.11 Å². The molecule has 3 atom stereocenters. The fourth-order valence-corrected chi connectivity index (χ4v) is 4.29. The van der Waals surface area contributed by atoms with Crippen LogP contribution in [-0.2, 0) is 0 Å². The van der Waals surface area contributed by atoms with E-state index in [1.807, 2.05) is 23.9 Å². The lowest BCUT2D eigenvalue weighted by atomic mass is 9.92. The number of methoxy groups -OCH3 is 1. The standard InChI is InChI=1S/C17H25NO2S/c1-19-13-6-7-17-15(11-13)16(8-9-20-17)18-12-4-3-5-14(10-12)21-2/h6-7,11-12,14,16,18H,3-5,8-10H2,1-2H3. The Balaban J connectivity index is 1.72. The zero-order chi connectivity index (χ0) is 14.7. The van der Waals surface area contributed by atoms with Gasteiger partial charge in [-0.3, -0.25) is 0 Å². The summed E-state index contributed by atoms with van der Waals surface area (Å²) in [5, 5.41) is 4.70. The van der Waals surface area contributed by atoms with Crippen LogP contribution in [0.15, 0.2) is 18.2 Å². The molecule has 0 spiro atoms. The molecule has 1 heterocycles. The van der Waals surface area contributed by atoms with E-state index >= 15 is 0 Å². The van der Waals surface area contributed by atoms with Gasteiger partial charge < -0.3 is 14.8 Å². The SMILES string of the molecule is COc1ccc2c(c1)C(NC1CCCC(SC)C1)CCO2. The lowest BCUT2D eigenvalue weighted by Crippen LogP contribution is -2.39. The van der Waals surface area contributed by atoms with Crippen molar-refractivity contribution in [3.05, 3.63) is 23.8 Å². The van der Waals surface area contributed by atoms with Gasteiger partial charge >= 0.3 is 0 Å². The third-order valence-electron chi connectivity index (χ3n) is 4.65. The third-order valence-corrected chi connectivity index (χ3v) is 5.75. The monoisotopic (exact) mass is 307 g/mol. The van der Waals surface area contributed by atoms with Crippen molar-refractivity contribution in [3.8, 4) is 11.5 Å². The highest BCUT2D eigenvalue weighted by molar-refractivity contribution is 7.99. The van der Waals surface area contributed by atoms with Gasteiger partial charge in [-0.15, -0.1) is 0 Å². The summed E-state index contributed by atoms with van der Waals surface area (Å²) < 4.78 is 11.2. The maximum atomic E-state index is 5.78. The number of benzene rings is 1. The first-order valence-corrected chi connectivity index (χ1v) is 9.18. The molecule has 1 aliphatic carbocycles. The Bertz CT molecular complexity index is 480. The molecule has 0 saturated heterocycles. The van der Waals surface area contributed by atoms with Crippen LogP contribution in [0.1, 0.15) is 43.7 Å². The molecule has 0 radical (unpaired) electrons. The van der Waals surface area contributed by atoms with Gasteiger partial charge in [0.05, 0.1) is 13.7 Å². The molecule has 1 aromatic carbocycles. The highest BCUT2D eigenvalue weighted by Gasteiger charge is 2.27. The number of fused-ring (bicyclic) bond motifs is 1. The van der Waals surface area contributed by atoms with Crippen molar-refractivity contribution in [2.75, 3.05) is 20.0 Å². The average Bonchev–Trinajstić information content (AvgIpc) is 2.55. The smallest absolute Gasteiger partial charge is 0.124 e. The van der Waals surface area contributed by atoms with E-state index < -0.39 is 0 Å². The molecule has 2 aliphatic rings. The van der Waals surface area contributed by atoms with Gasteiger partial charge in [-0.25, -0.2) is 0 Å². The van der Waals surface area contributed by atoms with E-state index in [0.717, 1.165) is 29.8 Å². The molecule has 4 heteroatoms. The fourth-order valence-electron chi connectivity index (χ4n) is 3.47.